The molecule has 0 atom stereocenters. The van der Waals surface area contributed by atoms with Gasteiger partial charge in [-0.15, -0.1) is 0 Å². The Hall–Kier alpha value is -0.910. The summed E-state index contributed by atoms with van der Waals surface area (Å²) in [4.78, 5) is 10.0. The van der Waals surface area contributed by atoms with Gasteiger partial charge in [-0.05, 0) is 0 Å². The van der Waals surface area contributed by atoms with Crippen molar-refractivity contribution < 1.29 is 4.92 Å². The highest BCUT2D eigenvalue weighted by molar-refractivity contribution is 9.09. The monoisotopic (exact) mass is 233 g/mol. The molecule has 0 saturated heterocycles. The first-order valence-electron chi connectivity index (χ1n) is 3.38. The predicted molar refractivity (Wildman–Crippen MR) is 47.4 cm³/mol. The molecule has 0 unspecified atom stereocenters. The average Bonchev–Trinajstić information content (AvgIpc) is 2.34. The second-order valence-corrected chi connectivity index (χ2v) is 3.09. The Labute approximate surface area is 77.7 Å². The van der Waals surface area contributed by atoms with Crippen LogP contribution in [0.1, 0.15) is 5.69 Å². The van der Waals surface area contributed by atoms with E-state index < -0.39 is 4.92 Å². The Morgan fingerprint density at radius 2 is 2.50 bits per heavy atom. The van der Waals surface area contributed by atoms with Crippen LogP contribution in [-0.4, -0.2) is 20.0 Å². The Bertz CT molecular complexity index is 297. The summed E-state index contributed by atoms with van der Waals surface area (Å²) in [5.74, 6) is 0. The third kappa shape index (κ3) is 1.63. The summed E-state index contributed by atoms with van der Waals surface area (Å²) < 4.78 is 1.53. The first-order valence-corrected chi connectivity index (χ1v) is 4.50. The van der Waals surface area contributed by atoms with Crippen LogP contribution in [0, 0.1) is 10.1 Å². The molecule has 0 aliphatic carbocycles. The van der Waals surface area contributed by atoms with Crippen molar-refractivity contribution in [2.24, 2.45) is 7.05 Å². The Balaban J connectivity index is 3.03. The number of aromatic nitrogens is 2. The average molecular weight is 234 g/mol. The molecule has 1 heterocycles. The van der Waals surface area contributed by atoms with Crippen LogP contribution in [0.2, 0.25) is 0 Å². The lowest BCUT2D eigenvalue weighted by Crippen LogP contribution is -2.01. The third-order valence-electron chi connectivity index (χ3n) is 1.57. The molecular formula is C6H8BrN3O2. The molecule has 1 aromatic rings. The number of nitro groups is 1. The van der Waals surface area contributed by atoms with Gasteiger partial charge in [0.05, 0.1) is 4.92 Å². The van der Waals surface area contributed by atoms with E-state index in [2.05, 4.69) is 21.0 Å². The van der Waals surface area contributed by atoms with Crippen molar-refractivity contribution in [2.75, 3.05) is 5.33 Å². The van der Waals surface area contributed by atoms with Gasteiger partial charge in [0, 0.05) is 18.8 Å². The van der Waals surface area contributed by atoms with Gasteiger partial charge >= 0.3 is 5.69 Å². The normalized spacial score (nSPS) is 10.2. The standard InChI is InChI=1S/C6H8BrN3O2/c1-9-5(2-3-7)6(4-8-9)10(11)12/h4H,2-3H2,1H3. The second-order valence-electron chi connectivity index (χ2n) is 2.30. The van der Waals surface area contributed by atoms with Gasteiger partial charge in [0.25, 0.3) is 0 Å². The van der Waals surface area contributed by atoms with E-state index in [4.69, 9.17) is 0 Å². The maximum atomic E-state index is 10.4. The number of hydrogen-bond acceptors (Lipinski definition) is 3. The van der Waals surface area contributed by atoms with E-state index in [1.807, 2.05) is 0 Å². The molecule has 0 aromatic carbocycles. The summed E-state index contributed by atoms with van der Waals surface area (Å²) in [5.41, 5.74) is 0.744. The fourth-order valence-electron chi connectivity index (χ4n) is 0.983. The molecule has 0 aliphatic rings. The van der Waals surface area contributed by atoms with Gasteiger partial charge in [0.15, 0.2) is 0 Å². The Kier molecular flexibility index (Phi) is 2.80. The zero-order chi connectivity index (χ0) is 9.14. The van der Waals surface area contributed by atoms with Crippen LogP contribution in [0.4, 0.5) is 5.69 Å². The second kappa shape index (κ2) is 3.66. The summed E-state index contributed by atoms with van der Waals surface area (Å²) in [6.45, 7) is 0. The van der Waals surface area contributed by atoms with Crippen molar-refractivity contribution in [1.29, 1.82) is 0 Å². The summed E-state index contributed by atoms with van der Waals surface area (Å²) >= 11 is 3.22. The molecule has 0 N–H and O–H groups in total. The molecule has 0 saturated carbocycles. The van der Waals surface area contributed by atoms with Crippen molar-refractivity contribution in [3.05, 3.63) is 22.0 Å². The Morgan fingerprint density at radius 3 is 3.00 bits per heavy atom. The zero-order valence-electron chi connectivity index (χ0n) is 6.53. The van der Waals surface area contributed by atoms with Crippen LogP contribution in [0.15, 0.2) is 6.20 Å². The SMILES string of the molecule is Cn1ncc([N+](=O)[O-])c1CCBr. The van der Waals surface area contributed by atoms with Gasteiger partial charge in [0.1, 0.15) is 11.9 Å². The maximum absolute atomic E-state index is 10.4. The first kappa shape index (κ1) is 9.18. The number of hydrogen-bond donors (Lipinski definition) is 0. The molecule has 1 rings (SSSR count). The molecule has 0 radical (unpaired) electrons. The fraction of sp³-hybridized carbons (Fsp3) is 0.500. The van der Waals surface area contributed by atoms with E-state index in [0.717, 1.165) is 0 Å². The smallest absolute Gasteiger partial charge is 0.265 e. The van der Waals surface area contributed by atoms with Crippen LogP contribution in [0.25, 0.3) is 0 Å². The molecule has 0 aliphatic heterocycles. The lowest BCUT2D eigenvalue weighted by Gasteiger charge is -1.96. The lowest BCUT2D eigenvalue weighted by molar-refractivity contribution is -0.385. The van der Waals surface area contributed by atoms with Crippen molar-refractivity contribution in [3.8, 4) is 0 Å². The molecule has 1 aromatic heterocycles. The van der Waals surface area contributed by atoms with E-state index >= 15 is 0 Å². The molecular weight excluding hydrogens is 226 g/mol. The summed E-state index contributed by atoms with van der Waals surface area (Å²) in [6.07, 6.45) is 1.89. The van der Waals surface area contributed by atoms with E-state index in [1.165, 1.54) is 10.9 Å². The van der Waals surface area contributed by atoms with Gasteiger partial charge in [-0.2, -0.15) is 5.10 Å². The summed E-state index contributed by atoms with van der Waals surface area (Å²) in [7, 11) is 1.70. The van der Waals surface area contributed by atoms with Crippen molar-refractivity contribution in [1.82, 2.24) is 9.78 Å². The van der Waals surface area contributed by atoms with Gasteiger partial charge in [-0.1, -0.05) is 15.9 Å². The minimum atomic E-state index is -0.412. The number of nitrogens with zero attached hydrogens (tertiary/aromatic N) is 3. The van der Waals surface area contributed by atoms with E-state index in [9.17, 15) is 10.1 Å². The number of halogens is 1. The third-order valence-corrected chi connectivity index (χ3v) is 1.96. The number of alkyl halides is 1. The molecule has 12 heavy (non-hydrogen) atoms. The van der Waals surface area contributed by atoms with Crippen LogP contribution in [0.3, 0.4) is 0 Å². The maximum Gasteiger partial charge on any atom is 0.310 e. The van der Waals surface area contributed by atoms with Gasteiger partial charge < -0.3 is 0 Å². The largest absolute Gasteiger partial charge is 0.310 e. The molecule has 66 valence electrons. The minimum absolute atomic E-state index is 0.0944. The van der Waals surface area contributed by atoms with Gasteiger partial charge in [-0.25, -0.2) is 0 Å². The molecule has 5 nitrogen and oxygen atoms in total. The predicted octanol–water partition coefficient (Wildman–Crippen LogP) is 1.27. The fourth-order valence-corrected chi connectivity index (χ4v) is 1.36. The van der Waals surface area contributed by atoms with E-state index in [-0.39, 0.29) is 5.69 Å². The Morgan fingerprint density at radius 1 is 1.83 bits per heavy atom. The van der Waals surface area contributed by atoms with Crippen LogP contribution >= 0.6 is 15.9 Å². The molecule has 0 bridgehead atoms. The van der Waals surface area contributed by atoms with Gasteiger partial charge in [-0.3, -0.25) is 14.8 Å². The van der Waals surface area contributed by atoms with Crippen LogP contribution < -0.4 is 0 Å². The van der Waals surface area contributed by atoms with E-state index in [1.54, 1.807) is 7.05 Å². The molecule has 0 amide bonds. The highest BCUT2D eigenvalue weighted by Gasteiger charge is 2.17. The highest BCUT2D eigenvalue weighted by atomic mass is 79.9. The van der Waals surface area contributed by atoms with Gasteiger partial charge in [0.2, 0.25) is 0 Å². The molecule has 0 spiro atoms. The van der Waals surface area contributed by atoms with E-state index in [0.29, 0.717) is 17.4 Å². The minimum Gasteiger partial charge on any atom is -0.265 e. The molecule has 0 fully saturated rings. The highest BCUT2D eigenvalue weighted by Crippen LogP contribution is 2.17. The van der Waals surface area contributed by atoms with Crippen molar-refractivity contribution in [2.45, 2.75) is 6.42 Å². The number of rotatable bonds is 3. The molecule has 6 heteroatoms. The summed E-state index contributed by atoms with van der Waals surface area (Å²) in [5, 5.41) is 15.0. The van der Waals surface area contributed by atoms with Crippen molar-refractivity contribution >= 4 is 21.6 Å². The topological polar surface area (TPSA) is 61.0 Å². The number of aryl methyl sites for hydroxylation is 1. The summed E-state index contributed by atoms with van der Waals surface area (Å²) in [6, 6.07) is 0. The van der Waals surface area contributed by atoms with Crippen LogP contribution in [-0.2, 0) is 13.5 Å². The first-order chi connectivity index (χ1) is 5.66. The van der Waals surface area contributed by atoms with Crippen LogP contribution in [0.5, 0.6) is 0 Å². The quantitative estimate of drug-likeness (QED) is 0.449. The lowest BCUT2D eigenvalue weighted by atomic mass is 10.3. The zero-order valence-corrected chi connectivity index (χ0v) is 8.11. The van der Waals surface area contributed by atoms with Crippen molar-refractivity contribution in [3.63, 3.8) is 0 Å².